The van der Waals surface area contributed by atoms with E-state index in [4.69, 9.17) is 6.42 Å². The third-order valence-corrected chi connectivity index (χ3v) is 2.94. The van der Waals surface area contributed by atoms with Crippen LogP contribution in [0.4, 0.5) is 11.4 Å². The first-order chi connectivity index (χ1) is 8.08. The summed E-state index contributed by atoms with van der Waals surface area (Å²) >= 11 is 2.04. The smallest absolute Gasteiger partial charge is 0.293 e. The molecule has 1 aromatic rings. The molecule has 1 unspecified atom stereocenters. The Kier molecular flexibility index (Phi) is 5.22. The van der Waals surface area contributed by atoms with Crippen molar-refractivity contribution >= 4 is 34.0 Å². The van der Waals surface area contributed by atoms with E-state index in [0.29, 0.717) is 5.69 Å². The van der Waals surface area contributed by atoms with Gasteiger partial charge in [-0.2, -0.15) is 0 Å². The molecule has 0 amide bonds. The number of anilines is 1. The summed E-state index contributed by atoms with van der Waals surface area (Å²) in [5.74, 6) is 2.60. The topological polar surface area (TPSA) is 55.2 Å². The van der Waals surface area contributed by atoms with Crippen LogP contribution in [0.15, 0.2) is 18.2 Å². The number of benzene rings is 1. The highest BCUT2D eigenvalue weighted by molar-refractivity contribution is 14.1. The van der Waals surface area contributed by atoms with Crippen molar-refractivity contribution in [1.29, 1.82) is 0 Å². The zero-order valence-electron chi connectivity index (χ0n) is 9.44. The molecular weight excluding hydrogens is 331 g/mol. The number of terminal acetylenes is 1. The largest absolute Gasteiger partial charge is 0.366 e. The fourth-order valence-corrected chi connectivity index (χ4v) is 1.93. The fraction of sp³-hybridized carbons (Fsp3) is 0.333. The van der Waals surface area contributed by atoms with Crippen LogP contribution in [-0.4, -0.2) is 11.0 Å². The van der Waals surface area contributed by atoms with Gasteiger partial charge < -0.3 is 5.32 Å². The van der Waals surface area contributed by atoms with Crippen LogP contribution in [0.1, 0.15) is 19.8 Å². The number of rotatable bonds is 5. The Morgan fingerprint density at radius 1 is 1.65 bits per heavy atom. The molecule has 0 aliphatic heterocycles. The molecule has 0 saturated heterocycles. The zero-order valence-corrected chi connectivity index (χ0v) is 11.6. The standard InChI is InChI=1S/C12H13IN2O2/c1-3-5-10(4-2)14-11-7-6-9(13)8-12(11)15(16)17/h2,6-8,10,14H,3,5H2,1H3. The molecule has 5 heteroatoms. The highest BCUT2D eigenvalue weighted by Gasteiger charge is 2.16. The van der Waals surface area contributed by atoms with Crippen LogP contribution < -0.4 is 5.32 Å². The van der Waals surface area contributed by atoms with Gasteiger partial charge in [-0.25, -0.2) is 0 Å². The molecule has 0 saturated carbocycles. The summed E-state index contributed by atoms with van der Waals surface area (Å²) in [6, 6.07) is 4.87. The zero-order chi connectivity index (χ0) is 12.8. The van der Waals surface area contributed by atoms with Crippen LogP contribution in [0.2, 0.25) is 0 Å². The van der Waals surface area contributed by atoms with Crippen LogP contribution in [0.25, 0.3) is 0 Å². The number of hydrogen-bond acceptors (Lipinski definition) is 3. The van der Waals surface area contributed by atoms with Crippen LogP contribution >= 0.6 is 22.6 Å². The normalized spacial score (nSPS) is 11.6. The fourth-order valence-electron chi connectivity index (χ4n) is 1.45. The number of hydrogen-bond donors (Lipinski definition) is 1. The Morgan fingerprint density at radius 2 is 2.35 bits per heavy atom. The lowest BCUT2D eigenvalue weighted by atomic mass is 10.1. The monoisotopic (exact) mass is 344 g/mol. The van der Waals surface area contributed by atoms with E-state index in [0.717, 1.165) is 16.4 Å². The lowest BCUT2D eigenvalue weighted by Crippen LogP contribution is -2.17. The molecule has 1 atom stereocenters. The third kappa shape index (κ3) is 3.89. The average Bonchev–Trinajstić information content (AvgIpc) is 2.30. The summed E-state index contributed by atoms with van der Waals surface area (Å²) in [4.78, 5) is 10.5. The summed E-state index contributed by atoms with van der Waals surface area (Å²) in [5, 5.41) is 13.9. The number of nitro groups is 1. The lowest BCUT2D eigenvalue weighted by Gasteiger charge is -2.13. The van der Waals surface area contributed by atoms with E-state index >= 15 is 0 Å². The van der Waals surface area contributed by atoms with Gasteiger partial charge in [-0.05, 0) is 41.1 Å². The van der Waals surface area contributed by atoms with Gasteiger partial charge >= 0.3 is 0 Å². The molecule has 0 aliphatic rings. The van der Waals surface area contributed by atoms with Crippen molar-refractivity contribution in [2.45, 2.75) is 25.8 Å². The number of nitrogens with one attached hydrogen (secondary N) is 1. The molecule has 0 radical (unpaired) electrons. The minimum Gasteiger partial charge on any atom is -0.366 e. The quantitative estimate of drug-likeness (QED) is 0.385. The van der Waals surface area contributed by atoms with Crippen LogP contribution in [0, 0.1) is 26.0 Å². The van der Waals surface area contributed by atoms with E-state index in [2.05, 4.69) is 11.2 Å². The number of halogens is 1. The molecule has 0 aliphatic carbocycles. The maximum Gasteiger partial charge on any atom is 0.293 e. The van der Waals surface area contributed by atoms with E-state index in [-0.39, 0.29) is 11.7 Å². The first-order valence-electron chi connectivity index (χ1n) is 5.25. The van der Waals surface area contributed by atoms with E-state index in [1.54, 1.807) is 6.07 Å². The molecule has 90 valence electrons. The number of nitro benzene ring substituents is 1. The average molecular weight is 344 g/mol. The van der Waals surface area contributed by atoms with Crippen molar-refractivity contribution in [3.63, 3.8) is 0 Å². The Balaban J connectivity index is 2.98. The van der Waals surface area contributed by atoms with Gasteiger partial charge in [0.2, 0.25) is 0 Å². The highest BCUT2D eigenvalue weighted by atomic mass is 127. The summed E-state index contributed by atoms with van der Waals surface area (Å²) < 4.78 is 0.826. The summed E-state index contributed by atoms with van der Waals surface area (Å²) in [6.45, 7) is 2.02. The van der Waals surface area contributed by atoms with Gasteiger partial charge in [0, 0.05) is 9.64 Å². The lowest BCUT2D eigenvalue weighted by molar-refractivity contribution is -0.384. The molecular formula is C12H13IN2O2. The predicted octanol–water partition coefficient (Wildman–Crippen LogP) is 3.41. The van der Waals surface area contributed by atoms with E-state index in [9.17, 15) is 10.1 Å². The minimum atomic E-state index is -0.399. The van der Waals surface area contributed by atoms with Crippen molar-refractivity contribution in [3.8, 4) is 12.3 Å². The van der Waals surface area contributed by atoms with Gasteiger partial charge in [-0.15, -0.1) is 6.42 Å². The molecule has 0 spiro atoms. The van der Waals surface area contributed by atoms with Crippen LogP contribution in [0.3, 0.4) is 0 Å². The first-order valence-corrected chi connectivity index (χ1v) is 6.33. The van der Waals surface area contributed by atoms with Crippen molar-refractivity contribution in [1.82, 2.24) is 0 Å². The van der Waals surface area contributed by atoms with Crippen LogP contribution in [0.5, 0.6) is 0 Å². The molecule has 1 rings (SSSR count). The van der Waals surface area contributed by atoms with Crippen molar-refractivity contribution < 1.29 is 4.92 Å². The van der Waals surface area contributed by atoms with Gasteiger partial charge in [0.25, 0.3) is 5.69 Å². The van der Waals surface area contributed by atoms with E-state index in [1.807, 2.05) is 35.6 Å². The van der Waals surface area contributed by atoms with Gasteiger partial charge in [-0.3, -0.25) is 10.1 Å². The van der Waals surface area contributed by atoms with Crippen LogP contribution in [-0.2, 0) is 0 Å². The Hall–Kier alpha value is -1.29. The molecule has 0 heterocycles. The Bertz CT molecular complexity index is 454. The predicted molar refractivity (Wildman–Crippen MR) is 77.0 cm³/mol. The molecule has 0 fully saturated rings. The van der Waals surface area contributed by atoms with Gasteiger partial charge in [0.1, 0.15) is 5.69 Å². The molecule has 1 N–H and O–H groups in total. The Morgan fingerprint density at radius 3 is 2.88 bits per heavy atom. The summed E-state index contributed by atoms with van der Waals surface area (Å²) in [7, 11) is 0. The van der Waals surface area contributed by atoms with Crippen molar-refractivity contribution in [2.75, 3.05) is 5.32 Å². The van der Waals surface area contributed by atoms with Gasteiger partial charge in [0.15, 0.2) is 0 Å². The second-order valence-electron chi connectivity index (χ2n) is 3.57. The van der Waals surface area contributed by atoms with Gasteiger partial charge in [0.05, 0.1) is 11.0 Å². The molecule has 0 bridgehead atoms. The highest BCUT2D eigenvalue weighted by Crippen LogP contribution is 2.27. The second kappa shape index (κ2) is 6.45. The minimum absolute atomic E-state index is 0.0632. The second-order valence-corrected chi connectivity index (χ2v) is 4.82. The van der Waals surface area contributed by atoms with Crippen molar-refractivity contribution in [3.05, 3.63) is 31.9 Å². The Labute approximate surface area is 114 Å². The summed E-state index contributed by atoms with van der Waals surface area (Å²) in [6.07, 6.45) is 7.10. The number of nitrogens with zero attached hydrogens (tertiary/aromatic N) is 1. The molecule has 0 aromatic heterocycles. The van der Waals surface area contributed by atoms with Gasteiger partial charge in [-0.1, -0.05) is 19.3 Å². The van der Waals surface area contributed by atoms with E-state index < -0.39 is 4.92 Å². The maximum atomic E-state index is 10.9. The summed E-state index contributed by atoms with van der Waals surface area (Å²) in [5.41, 5.74) is 0.542. The van der Waals surface area contributed by atoms with Crippen molar-refractivity contribution in [2.24, 2.45) is 0 Å². The van der Waals surface area contributed by atoms with E-state index in [1.165, 1.54) is 6.07 Å². The maximum absolute atomic E-state index is 10.9. The third-order valence-electron chi connectivity index (χ3n) is 2.26. The first kappa shape index (κ1) is 13.8. The molecule has 1 aromatic carbocycles. The molecule has 4 nitrogen and oxygen atoms in total. The molecule has 17 heavy (non-hydrogen) atoms. The SMILES string of the molecule is C#CC(CCC)Nc1ccc(I)cc1[N+](=O)[O-].